The summed E-state index contributed by atoms with van der Waals surface area (Å²) in [5.41, 5.74) is 3.36. The predicted molar refractivity (Wildman–Crippen MR) is 106 cm³/mol. The van der Waals surface area contributed by atoms with E-state index in [0.29, 0.717) is 0 Å². The van der Waals surface area contributed by atoms with Gasteiger partial charge in [0.2, 0.25) is 0 Å². The lowest BCUT2D eigenvalue weighted by atomic mass is 9.79. The Hall–Kier alpha value is -2.00. The molecule has 2 aromatic carbocycles. The second kappa shape index (κ2) is 6.72. The van der Waals surface area contributed by atoms with Gasteiger partial charge in [0.15, 0.2) is 0 Å². The maximum absolute atomic E-state index is 6.16. The number of hydrogen-bond donors (Lipinski definition) is 1. The molecule has 2 aliphatic rings. The van der Waals surface area contributed by atoms with Gasteiger partial charge in [-0.3, -0.25) is 0 Å². The Morgan fingerprint density at radius 1 is 1.08 bits per heavy atom. The molecule has 1 fully saturated rings. The minimum absolute atomic E-state index is 0.0417. The summed E-state index contributed by atoms with van der Waals surface area (Å²) in [6, 6.07) is 16.5. The van der Waals surface area contributed by atoms with Crippen molar-refractivity contribution < 1.29 is 0 Å². The number of nitrogens with one attached hydrogen (secondary N) is 1. The van der Waals surface area contributed by atoms with Gasteiger partial charge in [-0.2, -0.15) is 0 Å². The summed E-state index contributed by atoms with van der Waals surface area (Å²) in [5, 5.41) is 4.63. The van der Waals surface area contributed by atoms with Gasteiger partial charge in [0.25, 0.3) is 0 Å². The standard InChI is InChI=1S/C21H24ClN3/c1-25(15-16-8-7-9-17(22)14-16)20-21(12-5-2-6-13-21)24-19-11-4-3-10-18(19)23-20/h3-4,7-11,14,24H,2,5-6,12-13,15H2,1H3. The number of likely N-dealkylation sites (N-methyl/N-ethyl adjacent to an activating group) is 1. The van der Waals surface area contributed by atoms with Crippen molar-refractivity contribution >= 4 is 28.8 Å². The lowest BCUT2D eigenvalue weighted by Crippen LogP contribution is -2.55. The number of aliphatic imine (C=N–C) groups is 1. The molecule has 1 saturated carbocycles. The van der Waals surface area contributed by atoms with Crippen molar-refractivity contribution in [1.29, 1.82) is 0 Å². The summed E-state index contributed by atoms with van der Waals surface area (Å²) < 4.78 is 0. The lowest BCUT2D eigenvalue weighted by Gasteiger charge is -2.45. The fourth-order valence-corrected chi connectivity index (χ4v) is 4.36. The van der Waals surface area contributed by atoms with Crippen molar-refractivity contribution in [2.45, 2.75) is 44.2 Å². The van der Waals surface area contributed by atoms with Crippen LogP contribution >= 0.6 is 11.6 Å². The third kappa shape index (κ3) is 3.25. The third-order valence-electron chi connectivity index (χ3n) is 5.31. The maximum atomic E-state index is 6.16. The first kappa shape index (κ1) is 16.5. The van der Waals surface area contributed by atoms with E-state index in [-0.39, 0.29) is 5.54 Å². The first-order chi connectivity index (χ1) is 12.2. The van der Waals surface area contributed by atoms with E-state index in [9.17, 15) is 0 Å². The van der Waals surface area contributed by atoms with Crippen LogP contribution in [0.25, 0.3) is 0 Å². The van der Waals surface area contributed by atoms with Gasteiger partial charge >= 0.3 is 0 Å². The molecular formula is C21H24ClN3. The zero-order valence-electron chi connectivity index (χ0n) is 14.6. The lowest BCUT2D eigenvalue weighted by molar-refractivity contribution is 0.358. The summed E-state index contributed by atoms with van der Waals surface area (Å²) in [5.74, 6) is 1.16. The number of halogens is 1. The van der Waals surface area contributed by atoms with E-state index in [1.165, 1.54) is 24.8 Å². The van der Waals surface area contributed by atoms with E-state index >= 15 is 0 Å². The van der Waals surface area contributed by atoms with Crippen LogP contribution in [0.1, 0.15) is 37.7 Å². The van der Waals surface area contributed by atoms with Crippen LogP contribution in [0.15, 0.2) is 53.5 Å². The summed E-state index contributed by atoms with van der Waals surface area (Å²) in [6.07, 6.45) is 6.09. The molecule has 0 radical (unpaired) electrons. The largest absolute Gasteiger partial charge is 0.371 e. The van der Waals surface area contributed by atoms with Crippen LogP contribution < -0.4 is 5.32 Å². The molecule has 2 aromatic rings. The summed E-state index contributed by atoms with van der Waals surface area (Å²) in [4.78, 5) is 7.38. The number of benzene rings is 2. The van der Waals surface area contributed by atoms with Gasteiger partial charge in [0, 0.05) is 18.6 Å². The molecule has 0 aromatic heterocycles. The van der Waals surface area contributed by atoms with Crippen LogP contribution in [0.4, 0.5) is 11.4 Å². The smallest absolute Gasteiger partial charge is 0.131 e. The molecule has 4 rings (SSSR count). The van der Waals surface area contributed by atoms with Gasteiger partial charge in [-0.25, -0.2) is 4.99 Å². The highest BCUT2D eigenvalue weighted by Crippen LogP contribution is 2.41. The average Bonchev–Trinajstić information content (AvgIpc) is 2.62. The molecule has 1 aliphatic carbocycles. The Balaban J connectivity index is 1.69. The molecule has 4 heteroatoms. The number of nitrogens with zero attached hydrogens (tertiary/aromatic N) is 2. The number of amidine groups is 1. The van der Waals surface area contributed by atoms with Crippen LogP contribution in [-0.2, 0) is 6.54 Å². The van der Waals surface area contributed by atoms with Gasteiger partial charge in [0.05, 0.1) is 16.9 Å². The molecule has 1 heterocycles. The fourth-order valence-electron chi connectivity index (χ4n) is 4.15. The monoisotopic (exact) mass is 353 g/mol. The highest BCUT2D eigenvalue weighted by Gasteiger charge is 2.41. The summed E-state index contributed by atoms with van der Waals surface area (Å²) >= 11 is 6.16. The first-order valence-corrected chi connectivity index (χ1v) is 9.46. The molecule has 0 bridgehead atoms. The molecule has 25 heavy (non-hydrogen) atoms. The van der Waals surface area contributed by atoms with Crippen molar-refractivity contribution in [3.05, 3.63) is 59.1 Å². The Morgan fingerprint density at radius 3 is 2.68 bits per heavy atom. The highest BCUT2D eigenvalue weighted by molar-refractivity contribution is 6.30. The topological polar surface area (TPSA) is 27.6 Å². The predicted octanol–water partition coefficient (Wildman–Crippen LogP) is 5.63. The van der Waals surface area contributed by atoms with Crippen molar-refractivity contribution in [1.82, 2.24) is 4.90 Å². The minimum Gasteiger partial charge on any atom is -0.371 e. The molecule has 1 aliphatic heterocycles. The second-order valence-electron chi connectivity index (χ2n) is 7.21. The van der Waals surface area contributed by atoms with E-state index in [2.05, 4.69) is 47.6 Å². The number of fused-ring (bicyclic) bond motifs is 1. The van der Waals surface area contributed by atoms with E-state index in [1.54, 1.807) is 0 Å². The van der Waals surface area contributed by atoms with Crippen molar-refractivity contribution in [3.63, 3.8) is 0 Å². The average molecular weight is 354 g/mol. The van der Waals surface area contributed by atoms with Crippen molar-refractivity contribution in [2.75, 3.05) is 12.4 Å². The minimum atomic E-state index is -0.0417. The van der Waals surface area contributed by atoms with Gasteiger partial charge in [-0.05, 0) is 42.7 Å². The normalized spacial score (nSPS) is 18.2. The van der Waals surface area contributed by atoms with Gasteiger partial charge < -0.3 is 10.2 Å². The van der Waals surface area contributed by atoms with Crippen LogP contribution in [0.3, 0.4) is 0 Å². The third-order valence-corrected chi connectivity index (χ3v) is 5.54. The van der Waals surface area contributed by atoms with Crippen LogP contribution in [-0.4, -0.2) is 23.3 Å². The van der Waals surface area contributed by atoms with Gasteiger partial charge in [-0.1, -0.05) is 55.1 Å². The summed E-state index contributed by atoms with van der Waals surface area (Å²) in [6.45, 7) is 0.811. The zero-order chi connectivity index (χ0) is 17.3. The van der Waals surface area contributed by atoms with Crippen LogP contribution in [0, 0.1) is 0 Å². The Labute approximate surface area is 154 Å². The molecule has 3 nitrogen and oxygen atoms in total. The molecule has 0 amide bonds. The van der Waals surface area contributed by atoms with Crippen LogP contribution in [0.5, 0.6) is 0 Å². The van der Waals surface area contributed by atoms with E-state index in [1.807, 2.05) is 18.2 Å². The Morgan fingerprint density at radius 2 is 1.88 bits per heavy atom. The second-order valence-corrected chi connectivity index (χ2v) is 7.64. The molecule has 0 atom stereocenters. The van der Waals surface area contributed by atoms with Gasteiger partial charge in [-0.15, -0.1) is 0 Å². The maximum Gasteiger partial charge on any atom is 0.131 e. The number of rotatable bonds is 2. The fraction of sp³-hybridized carbons (Fsp3) is 0.381. The number of hydrogen-bond acceptors (Lipinski definition) is 3. The van der Waals surface area contributed by atoms with Gasteiger partial charge in [0.1, 0.15) is 5.84 Å². The molecule has 1 spiro atoms. The molecule has 0 unspecified atom stereocenters. The number of para-hydroxylation sites is 2. The van der Waals surface area contributed by atoms with Crippen LogP contribution in [0.2, 0.25) is 5.02 Å². The Bertz CT molecular complexity index is 793. The highest BCUT2D eigenvalue weighted by atomic mass is 35.5. The van der Waals surface area contributed by atoms with E-state index in [4.69, 9.17) is 16.6 Å². The van der Waals surface area contributed by atoms with E-state index in [0.717, 1.165) is 41.6 Å². The summed E-state index contributed by atoms with van der Waals surface area (Å²) in [7, 11) is 2.14. The first-order valence-electron chi connectivity index (χ1n) is 9.08. The number of anilines is 1. The molecular weight excluding hydrogens is 330 g/mol. The van der Waals surface area contributed by atoms with E-state index < -0.39 is 0 Å². The Kier molecular flexibility index (Phi) is 4.43. The van der Waals surface area contributed by atoms with Crippen molar-refractivity contribution in [2.24, 2.45) is 4.99 Å². The quantitative estimate of drug-likeness (QED) is 0.757. The molecule has 0 saturated heterocycles. The molecule has 130 valence electrons. The SMILES string of the molecule is CN(Cc1cccc(Cl)c1)C1=Nc2ccccc2NC12CCCCC2. The van der Waals surface area contributed by atoms with Crippen molar-refractivity contribution in [3.8, 4) is 0 Å². The molecule has 1 N–H and O–H groups in total. The zero-order valence-corrected chi connectivity index (χ0v) is 15.4.